The molecule has 0 aliphatic rings. The van der Waals surface area contributed by atoms with Crippen LogP contribution >= 0.6 is 0 Å². The van der Waals surface area contributed by atoms with Gasteiger partial charge in [-0.3, -0.25) is 0 Å². The van der Waals surface area contributed by atoms with Crippen molar-refractivity contribution in [3.8, 4) is 16.9 Å². The molecule has 1 nitrogen and oxygen atoms in total. The Morgan fingerprint density at radius 3 is 2.18 bits per heavy atom. The minimum atomic E-state index is -0.392. The molecule has 3 aromatic carbocycles. The predicted molar refractivity (Wildman–Crippen MR) is 82.6 cm³/mol. The van der Waals surface area contributed by atoms with Crippen LogP contribution in [0.4, 0.5) is 8.78 Å². The summed E-state index contributed by atoms with van der Waals surface area (Å²) >= 11 is 0. The number of hydrogen-bond donors (Lipinski definition) is 0. The van der Waals surface area contributed by atoms with Crippen LogP contribution in [0.15, 0.2) is 72.8 Å². The van der Waals surface area contributed by atoms with Crippen LogP contribution in [0.5, 0.6) is 5.75 Å². The van der Waals surface area contributed by atoms with Crippen LogP contribution in [0.25, 0.3) is 11.1 Å². The highest BCUT2D eigenvalue weighted by molar-refractivity contribution is 5.64. The van der Waals surface area contributed by atoms with Gasteiger partial charge in [0, 0.05) is 11.6 Å². The van der Waals surface area contributed by atoms with Crippen LogP contribution in [0.2, 0.25) is 0 Å². The lowest BCUT2D eigenvalue weighted by Gasteiger charge is -2.09. The number of halogens is 2. The number of benzene rings is 3. The number of hydrogen-bond acceptors (Lipinski definition) is 1. The van der Waals surface area contributed by atoms with E-state index in [9.17, 15) is 8.78 Å². The summed E-state index contributed by atoms with van der Waals surface area (Å²) in [6.45, 7) is 0.385. The van der Waals surface area contributed by atoms with Gasteiger partial charge in [-0.25, -0.2) is 8.78 Å². The summed E-state index contributed by atoms with van der Waals surface area (Å²) in [7, 11) is 0. The zero-order valence-corrected chi connectivity index (χ0v) is 11.8. The monoisotopic (exact) mass is 296 g/mol. The van der Waals surface area contributed by atoms with Gasteiger partial charge in [0.05, 0.1) is 0 Å². The zero-order valence-electron chi connectivity index (χ0n) is 11.8. The van der Waals surface area contributed by atoms with Crippen molar-refractivity contribution in [1.82, 2.24) is 0 Å². The fourth-order valence-electron chi connectivity index (χ4n) is 2.19. The van der Waals surface area contributed by atoms with Crippen LogP contribution in [0.3, 0.4) is 0 Å². The molecule has 0 fully saturated rings. The Morgan fingerprint density at radius 1 is 0.773 bits per heavy atom. The second-order valence-corrected chi connectivity index (χ2v) is 4.92. The Morgan fingerprint density at radius 2 is 1.50 bits per heavy atom. The third-order valence-corrected chi connectivity index (χ3v) is 3.34. The van der Waals surface area contributed by atoms with E-state index < -0.39 is 5.82 Å². The first-order valence-electron chi connectivity index (χ1n) is 6.94. The molecule has 3 rings (SSSR count). The fraction of sp³-hybridized carbons (Fsp3) is 0.0526. The molecule has 110 valence electrons. The summed E-state index contributed by atoms with van der Waals surface area (Å²) in [5.41, 5.74) is 2.08. The Balaban J connectivity index is 1.76. The predicted octanol–water partition coefficient (Wildman–Crippen LogP) is 5.21. The van der Waals surface area contributed by atoms with E-state index in [0.717, 1.165) is 5.56 Å². The van der Waals surface area contributed by atoms with Crippen molar-refractivity contribution in [3.63, 3.8) is 0 Å². The van der Waals surface area contributed by atoms with Gasteiger partial charge in [0.25, 0.3) is 0 Å². The van der Waals surface area contributed by atoms with Crippen molar-refractivity contribution in [2.24, 2.45) is 0 Å². The van der Waals surface area contributed by atoms with Gasteiger partial charge in [-0.2, -0.15) is 0 Å². The Kier molecular flexibility index (Phi) is 4.15. The third-order valence-electron chi connectivity index (χ3n) is 3.34. The van der Waals surface area contributed by atoms with E-state index in [1.807, 2.05) is 30.3 Å². The summed E-state index contributed by atoms with van der Waals surface area (Å²) in [5.74, 6) is -0.267. The second kappa shape index (κ2) is 6.39. The zero-order chi connectivity index (χ0) is 15.4. The molecule has 0 N–H and O–H groups in total. The number of rotatable bonds is 4. The molecule has 0 aliphatic heterocycles. The normalized spacial score (nSPS) is 10.5. The molecule has 0 atom stereocenters. The van der Waals surface area contributed by atoms with E-state index in [0.29, 0.717) is 23.5 Å². The molecule has 0 heterocycles. The lowest BCUT2D eigenvalue weighted by atomic mass is 10.1. The van der Waals surface area contributed by atoms with Crippen LogP contribution in [0, 0.1) is 11.6 Å². The molecule has 0 radical (unpaired) electrons. The maximum Gasteiger partial charge on any atom is 0.134 e. The summed E-state index contributed by atoms with van der Waals surface area (Å²) in [6.07, 6.45) is 0. The van der Waals surface area contributed by atoms with E-state index in [2.05, 4.69) is 0 Å². The Labute approximate surface area is 127 Å². The molecule has 0 amide bonds. The Bertz CT molecular complexity index is 752. The average molecular weight is 296 g/mol. The molecule has 22 heavy (non-hydrogen) atoms. The van der Waals surface area contributed by atoms with Crippen molar-refractivity contribution >= 4 is 0 Å². The van der Waals surface area contributed by atoms with E-state index in [1.54, 1.807) is 24.3 Å². The van der Waals surface area contributed by atoms with E-state index in [4.69, 9.17) is 4.74 Å². The van der Waals surface area contributed by atoms with Gasteiger partial charge in [0.2, 0.25) is 0 Å². The van der Waals surface area contributed by atoms with Crippen LogP contribution in [-0.4, -0.2) is 0 Å². The van der Waals surface area contributed by atoms with Crippen LogP contribution in [0.1, 0.15) is 5.56 Å². The first-order valence-corrected chi connectivity index (χ1v) is 6.94. The van der Waals surface area contributed by atoms with Gasteiger partial charge in [0.15, 0.2) is 0 Å². The fourth-order valence-corrected chi connectivity index (χ4v) is 2.19. The van der Waals surface area contributed by atoms with Gasteiger partial charge in [0.1, 0.15) is 24.0 Å². The summed E-state index contributed by atoms with van der Waals surface area (Å²) < 4.78 is 32.7. The first-order chi connectivity index (χ1) is 10.7. The highest BCUT2D eigenvalue weighted by Gasteiger charge is 2.07. The van der Waals surface area contributed by atoms with Crippen LogP contribution in [-0.2, 0) is 6.61 Å². The van der Waals surface area contributed by atoms with Gasteiger partial charge in [-0.1, -0.05) is 42.5 Å². The average Bonchev–Trinajstić information content (AvgIpc) is 2.55. The van der Waals surface area contributed by atoms with Crippen molar-refractivity contribution < 1.29 is 13.5 Å². The van der Waals surface area contributed by atoms with Gasteiger partial charge in [-0.05, 0) is 35.4 Å². The lowest BCUT2D eigenvalue weighted by Crippen LogP contribution is -1.96. The maximum atomic E-state index is 14.2. The molecule has 0 aliphatic carbocycles. The molecule has 0 spiro atoms. The van der Waals surface area contributed by atoms with Crippen LogP contribution < -0.4 is 4.74 Å². The molecule has 3 aromatic rings. The SMILES string of the molecule is Fc1ccc(-c2ccc(OCc3ccccc3)cc2F)cc1. The molecule has 0 aromatic heterocycles. The smallest absolute Gasteiger partial charge is 0.134 e. The van der Waals surface area contributed by atoms with Crippen molar-refractivity contribution in [3.05, 3.63) is 90.0 Å². The quantitative estimate of drug-likeness (QED) is 0.642. The topological polar surface area (TPSA) is 9.23 Å². The van der Waals surface area contributed by atoms with Gasteiger partial charge < -0.3 is 4.74 Å². The van der Waals surface area contributed by atoms with Gasteiger partial charge in [-0.15, -0.1) is 0 Å². The molecule has 0 bridgehead atoms. The maximum absolute atomic E-state index is 14.2. The highest BCUT2D eigenvalue weighted by atomic mass is 19.1. The Hall–Kier alpha value is -2.68. The molecular formula is C19H14F2O. The minimum Gasteiger partial charge on any atom is -0.489 e. The highest BCUT2D eigenvalue weighted by Crippen LogP contribution is 2.26. The molecule has 3 heteroatoms. The second-order valence-electron chi connectivity index (χ2n) is 4.92. The summed E-state index contributed by atoms with van der Waals surface area (Å²) in [5, 5.41) is 0. The van der Waals surface area contributed by atoms with E-state index in [1.165, 1.54) is 18.2 Å². The van der Waals surface area contributed by atoms with Crippen molar-refractivity contribution in [1.29, 1.82) is 0 Å². The molecular weight excluding hydrogens is 282 g/mol. The minimum absolute atomic E-state index is 0.341. The number of ether oxygens (including phenoxy) is 1. The molecule has 0 unspecified atom stereocenters. The first kappa shape index (κ1) is 14.3. The summed E-state index contributed by atoms with van der Waals surface area (Å²) in [6, 6.07) is 20.1. The van der Waals surface area contributed by atoms with E-state index in [-0.39, 0.29) is 5.82 Å². The van der Waals surface area contributed by atoms with E-state index >= 15 is 0 Å². The molecule has 0 saturated heterocycles. The lowest BCUT2D eigenvalue weighted by molar-refractivity contribution is 0.304. The largest absolute Gasteiger partial charge is 0.489 e. The standard InChI is InChI=1S/C19H14F2O/c20-16-8-6-15(7-9-16)18-11-10-17(12-19(18)21)22-13-14-4-2-1-3-5-14/h1-12H,13H2. The molecule has 0 saturated carbocycles. The van der Waals surface area contributed by atoms with Crippen molar-refractivity contribution in [2.75, 3.05) is 0 Å². The summed E-state index contributed by atoms with van der Waals surface area (Å²) in [4.78, 5) is 0. The van der Waals surface area contributed by atoms with Gasteiger partial charge >= 0.3 is 0 Å². The van der Waals surface area contributed by atoms with Crippen molar-refractivity contribution in [2.45, 2.75) is 6.61 Å². The third kappa shape index (κ3) is 3.31.